The number of alkyl halides is 1. The van der Waals surface area contributed by atoms with Crippen LogP contribution in [0.25, 0.3) is 0 Å². The van der Waals surface area contributed by atoms with Gasteiger partial charge in [-0.05, 0) is 40.4 Å². The van der Waals surface area contributed by atoms with E-state index >= 15 is 0 Å². The molecule has 16 heavy (non-hydrogen) atoms. The highest BCUT2D eigenvalue weighted by Crippen LogP contribution is 2.38. The van der Waals surface area contributed by atoms with Crippen LogP contribution in [-0.4, -0.2) is 24.2 Å². The Hall–Kier alpha value is 0.275. The standard InChI is InChI=1S/C12H24BClO2/c1-11(2)12(3,4)16-13(15-11)9-7-5-6-8-10-14/h5-10H2,1-4H3. The van der Waals surface area contributed by atoms with E-state index in [0.717, 1.165) is 25.0 Å². The van der Waals surface area contributed by atoms with Gasteiger partial charge < -0.3 is 9.31 Å². The molecule has 0 spiro atoms. The van der Waals surface area contributed by atoms with Gasteiger partial charge in [0, 0.05) is 5.88 Å². The second-order valence-corrected chi connectivity index (χ2v) is 5.96. The summed E-state index contributed by atoms with van der Waals surface area (Å²) in [6, 6.07) is 0. The maximum Gasteiger partial charge on any atom is 0.457 e. The van der Waals surface area contributed by atoms with Crippen LogP contribution in [0.2, 0.25) is 6.32 Å². The van der Waals surface area contributed by atoms with E-state index < -0.39 is 0 Å². The fourth-order valence-electron chi connectivity index (χ4n) is 1.84. The number of rotatable bonds is 6. The molecule has 94 valence electrons. The molecule has 1 saturated heterocycles. The lowest BCUT2D eigenvalue weighted by atomic mass is 9.82. The van der Waals surface area contributed by atoms with E-state index in [0.29, 0.717) is 0 Å². The first-order valence-corrected chi connectivity index (χ1v) is 6.84. The van der Waals surface area contributed by atoms with E-state index in [2.05, 4.69) is 27.7 Å². The van der Waals surface area contributed by atoms with Gasteiger partial charge in [-0.3, -0.25) is 0 Å². The van der Waals surface area contributed by atoms with Gasteiger partial charge >= 0.3 is 7.12 Å². The van der Waals surface area contributed by atoms with E-state index in [-0.39, 0.29) is 18.3 Å². The Morgan fingerprint density at radius 3 is 1.88 bits per heavy atom. The third kappa shape index (κ3) is 3.64. The molecule has 1 aliphatic rings. The van der Waals surface area contributed by atoms with Crippen molar-refractivity contribution in [2.45, 2.75) is 70.9 Å². The van der Waals surface area contributed by atoms with Crippen molar-refractivity contribution in [3.63, 3.8) is 0 Å². The molecule has 0 aromatic rings. The minimum atomic E-state index is -0.187. The van der Waals surface area contributed by atoms with Gasteiger partial charge in [0.2, 0.25) is 0 Å². The van der Waals surface area contributed by atoms with Gasteiger partial charge in [0.25, 0.3) is 0 Å². The lowest BCUT2D eigenvalue weighted by Gasteiger charge is -2.32. The normalized spacial score (nSPS) is 22.7. The number of hydrogen-bond donors (Lipinski definition) is 0. The van der Waals surface area contributed by atoms with E-state index in [1.54, 1.807) is 0 Å². The van der Waals surface area contributed by atoms with Gasteiger partial charge in [-0.25, -0.2) is 0 Å². The highest BCUT2D eigenvalue weighted by Gasteiger charge is 2.50. The average Bonchev–Trinajstić information content (AvgIpc) is 2.35. The zero-order valence-corrected chi connectivity index (χ0v) is 11.8. The van der Waals surface area contributed by atoms with Crippen LogP contribution in [0.4, 0.5) is 0 Å². The van der Waals surface area contributed by atoms with Crippen molar-refractivity contribution >= 4 is 18.7 Å². The van der Waals surface area contributed by atoms with Gasteiger partial charge in [0.15, 0.2) is 0 Å². The second kappa shape index (κ2) is 5.75. The van der Waals surface area contributed by atoms with Gasteiger partial charge in [-0.2, -0.15) is 0 Å². The zero-order valence-electron chi connectivity index (χ0n) is 11.0. The van der Waals surface area contributed by atoms with Gasteiger partial charge in [0.1, 0.15) is 0 Å². The van der Waals surface area contributed by atoms with Crippen LogP contribution < -0.4 is 0 Å². The lowest BCUT2D eigenvalue weighted by molar-refractivity contribution is 0.00578. The van der Waals surface area contributed by atoms with Crippen LogP contribution >= 0.6 is 11.6 Å². The van der Waals surface area contributed by atoms with Crippen LogP contribution in [0.3, 0.4) is 0 Å². The van der Waals surface area contributed by atoms with Crippen LogP contribution in [0.15, 0.2) is 0 Å². The Kier molecular flexibility index (Phi) is 5.15. The molecule has 1 fully saturated rings. The Morgan fingerprint density at radius 2 is 1.38 bits per heavy atom. The first-order chi connectivity index (χ1) is 7.39. The Morgan fingerprint density at radius 1 is 0.875 bits per heavy atom. The summed E-state index contributed by atoms with van der Waals surface area (Å²) >= 11 is 5.63. The molecule has 2 nitrogen and oxygen atoms in total. The smallest absolute Gasteiger partial charge is 0.403 e. The van der Waals surface area contributed by atoms with Crippen molar-refractivity contribution in [3.05, 3.63) is 0 Å². The number of halogens is 1. The Bertz CT molecular complexity index is 203. The molecule has 4 heteroatoms. The molecule has 0 N–H and O–H groups in total. The molecule has 0 atom stereocenters. The second-order valence-electron chi connectivity index (χ2n) is 5.58. The summed E-state index contributed by atoms with van der Waals surface area (Å²) in [5.74, 6) is 0.774. The van der Waals surface area contributed by atoms with Crippen molar-refractivity contribution in [2.24, 2.45) is 0 Å². The van der Waals surface area contributed by atoms with Crippen LogP contribution in [0, 0.1) is 0 Å². The van der Waals surface area contributed by atoms with Crippen molar-refractivity contribution in [2.75, 3.05) is 5.88 Å². The monoisotopic (exact) mass is 246 g/mol. The summed E-state index contributed by atoms with van der Waals surface area (Å²) < 4.78 is 11.8. The van der Waals surface area contributed by atoms with Crippen molar-refractivity contribution < 1.29 is 9.31 Å². The molecule has 1 heterocycles. The minimum absolute atomic E-state index is 0.0269. The molecular formula is C12H24BClO2. The molecule has 0 aromatic carbocycles. The first kappa shape index (κ1) is 14.3. The maximum atomic E-state index is 5.92. The SMILES string of the molecule is CC1(C)OB(CCCCCCCl)OC1(C)C. The minimum Gasteiger partial charge on any atom is -0.403 e. The van der Waals surface area contributed by atoms with Crippen molar-refractivity contribution in [1.82, 2.24) is 0 Å². The summed E-state index contributed by atoms with van der Waals surface area (Å²) in [6.07, 6.45) is 5.70. The van der Waals surface area contributed by atoms with Crippen molar-refractivity contribution in [3.8, 4) is 0 Å². The number of hydrogen-bond acceptors (Lipinski definition) is 2. The fourth-order valence-corrected chi connectivity index (χ4v) is 2.03. The lowest BCUT2D eigenvalue weighted by Crippen LogP contribution is -2.41. The Labute approximate surface area is 105 Å². The Balaban J connectivity index is 2.21. The van der Waals surface area contributed by atoms with E-state index in [1.165, 1.54) is 12.8 Å². The summed E-state index contributed by atoms with van der Waals surface area (Å²) in [5.41, 5.74) is -0.373. The third-order valence-corrected chi connectivity index (χ3v) is 3.89. The molecule has 0 bridgehead atoms. The third-order valence-electron chi connectivity index (χ3n) is 3.63. The van der Waals surface area contributed by atoms with Gasteiger partial charge in [-0.1, -0.05) is 19.3 Å². The van der Waals surface area contributed by atoms with Gasteiger partial charge in [0.05, 0.1) is 11.2 Å². The number of unbranched alkanes of at least 4 members (excludes halogenated alkanes) is 3. The van der Waals surface area contributed by atoms with Crippen LogP contribution in [-0.2, 0) is 9.31 Å². The average molecular weight is 247 g/mol. The predicted octanol–water partition coefficient (Wildman–Crippen LogP) is 3.88. The molecule has 0 amide bonds. The van der Waals surface area contributed by atoms with E-state index in [1.807, 2.05) is 0 Å². The molecule has 0 aliphatic carbocycles. The zero-order chi connectivity index (χ0) is 12.2. The van der Waals surface area contributed by atoms with Crippen molar-refractivity contribution in [1.29, 1.82) is 0 Å². The van der Waals surface area contributed by atoms with E-state index in [4.69, 9.17) is 20.9 Å². The van der Waals surface area contributed by atoms with Crippen LogP contribution in [0.1, 0.15) is 53.4 Å². The van der Waals surface area contributed by atoms with Gasteiger partial charge in [-0.15, -0.1) is 11.6 Å². The molecule has 0 saturated carbocycles. The highest BCUT2D eigenvalue weighted by atomic mass is 35.5. The first-order valence-electron chi connectivity index (χ1n) is 6.31. The summed E-state index contributed by atoms with van der Waals surface area (Å²) in [7, 11) is -0.0269. The molecule has 0 unspecified atom stereocenters. The quantitative estimate of drug-likeness (QED) is 0.402. The predicted molar refractivity (Wildman–Crippen MR) is 70.1 cm³/mol. The maximum absolute atomic E-state index is 5.92. The summed E-state index contributed by atoms with van der Waals surface area (Å²) in [4.78, 5) is 0. The molecule has 1 rings (SSSR count). The largest absolute Gasteiger partial charge is 0.457 e. The topological polar surface area (TPSA) is 18.5 Å². The summed E-state index contributed by atoms with van der Waals surface area (Å²) in [6.45, 7) is 8.39. The van der Waals surface area contributed by atoms with Crippen LogP contribution in [0.5, 0.6) is 0 Å². The fraction of sp³-hybridized carbons (Fsp3) is 1.00. The van der Waals surface area contributed by atoms with E-state index in [9.17, 15) is 0 Å². The molecule has 0 aromatic heterocycles. The molecule has 0 radical (unpaired) electrons. The molecular weight excluding hydrogens is 222 g/mol. The molecule has 1 aliphatic heterocycles. The summed E-state index contributed by atoms with van der Waals surface area (Å²) in [5, 5.41) is 0. The highest BCUT2D eigenvalue weighted by molar-refractivity contribution is 6.45.